The van der Waals surface area contributed by atoms with Crippen molar-refractivity contribution in [2.75, 3.05) is 19.7 Å². The summed E-state index contributed by atoms with van der Waals surface area (Å²) in [5.41, 5.74) is 0.691. The lowest BCUT2D eigenvalue weighted by atomic mass is 9.96. The average Bonchev–Trinajstić information content (AvgIpc) is 2.57. The molecule has 1 aliphatic heterocycles. The zero-order valence-electron chi connectivity index (χ0n) is 14.3. The van der Waals surface area contributed by atoms with E-state index in [1.807, 2.05) is 0 Å². The minimum atomic E-state index is -0.352. The molecule has 1 aromatic rings. The number of nitrogens with one attached hydrogen (secondary N) is 1. The first kappa shape index (κ1) is 18.9. The Balaban J connectivity index is 1.85. The van der Waals surface area contributed by atoms with Crippen LogP contribution in [0.4, 0.5) is 4.39 Å². The summed E-state index contributed by atoms with van der Waals surface area (Å²) in [6.07, 6.45) is 0.882. The van der Waals surface area contributed by atoms with Gasteiger partial charge in [0.05, 0.1) is 18.9 Å². The molecule has 1 aliphatic rings. The Morgan fingerprint density at radius 3 is 2.92 bits per heavy atom. The molecule has 1 heterocycles. The number of nitrogens with zero attached hydrogens (tertiary/aromatic N) is 1. The van der Waals surface area contributed by atoms with Gasteiger partial charge in [0.25, 0.3) is 0 Å². The highest BCUT2D eigenvalue weighted by atomic mass is 19.1. The van der Waals surface area contributed by atoms with Gasteiger partial charge in [0.1, 0.15) is 5.82 Å². The number of halogens is 1. The van der Waals surface area contributed by atoms with Crippen molar-refractivity contribution in [1.82, 2.24) is 10.2 Å². The Bertz CT molecular complexity index is 635. The van der Waals surface area contributed by atoms with Gasteiger partial charge in [-0.3, -0.25) is 14.4 Å². The Hall–Kier alpha value is -2.44. The molecule has 2 rings (SSSR count). The normalized spacial score (nSPS) is 17.3. The number of carbonyl (C=O) groups is 3. The molecule has 0 spiro atoms. The molecule has 1 fully saturated rings. The molecule has 0 bridgehead atoms. The molecule has 1 N–H and O–H groups in total. The molecule has 0 aromatic heterocycles. The summed E-state index contributed by atoms with van der Waals surface area (Å²) in [7, 11) is 0. The average molecular weight is 350 g/mol. The number of rotatable bonds is 7. The predicted octanol–water partition coefficient (Wildman–Crippen LogP) is 1.63. The molecule has 1 atom stereocenters. The fourth-order valence-electron chi connectivity index (χ4n) is 2.80. The van der Waals surface area contributed by atoms with Crippen molar-refractivity contribution in [2.24, 2.45) is 5.92 Å². The van der Waals surface area contributed by atoms with Crippen LogP contribution in [-0.4, -0.2) is 42.4 Å². The third kappa shape index (κ3) is 5.85. The zero-order chi connectivity index (χ0) is 18.2. The third-order valence-electron chi connectivity index (χ3n) is 4.07. The smallest absolute Gasteiger partial charge is 0.307 e. The lowest BCUT2D eigenvalue weighted by Crippen LogP contribution is -2.45. The number of esters is 1. The number of hydrogen-bond acceptors (Lipinski definition) is 4. The molecule has 6 nitrogen and oxygen atoms in total. The summed E-state index contributed by atoms with van der Waals surface area (Å²) in [4.78, 5) is 37.1. The second-order valence-corrected chi connectivity index (χ2v) is 5.99. The molecule has 0 unspecified atom stereocenters. The van der Waals surface area contributed by atoms with Crippen LogP contribution in [0.25, 0.3) is 0 Å². The minimum Gasteiger partial charge on any atom is -0.466 e. The van der Waals surface area contributed by atoms with Crippen molar-refractivity contribution >= 4 is 17.8 Å². The predicted molar refractivity (Wildman–Crippen MR) is 88.8 cm³/mol. The number of carbonyl (C=O) groups excluding carboxylic acids is 3. The van der Waals surface area contributed by atoms with Crippen LogP contribution in [0.3, 0.4) is 0 Å². The first-order valence-corrected chi connectivity index (χ1v) is 8.45. The molecule has 25 heavy (non-hydrogen) atoms. The standard InChI is InChI=1S/C18H23FN2O4/c1-2-25-17(23)8-9-20-18(24)14-6-7-16(22)21(12-14)11-13-4-3-5-15(19)10-13/h3-5,10,14H,2,6-9,11-12H2,1H3,(H,20,24)/t14-/m1/s1. The van der Waals surface area contributed by atoms with Gasteiger partial charge in [-0.05, 0) is 31.0 Å². The number of piperidine rings is 1. The molecule has 7 heteroatoms. The van der Waals surface area contributed by atoms with Crippen molar-refractivity contribution < 1.29 is 23.5 Å². The number of benzene rings is 1. The molecular weight excluding hydrogens is 327 g/mol. The van der Waals surface area contributed by atoms with E-state index in [2.05, 4.69) is 5.32 Å². The summed E-state index contributed by atoms with van der Waals surface area (Å²) >= 11 is 0. The fraction of sp³-hybridized carbons (Fsp3) is 0.500. The van der Waals surface area contributed by atoms with Crippen molar-refractivity contribution in [1.29, 1.82) is 0 Å². The largest absolute Gasteiger partial charge is 0.466 e. The van der Waals surface area contributed by atoms with Gasteiger partial charge in [-0.1, -0.05) is 12.1 Å². The van der Waals surface area contributed by atoms with Crippen LogP contribution in [0, 0.1) is 11.7 Å². The second-order valence-electron chi connectivity index (χ2n) is 5.99. The minimum absolute atomic E-state index is 0.0418. The number of amides is 2. The van der Waals surface area contributed by atoms with E-state index in [1.165, 1.54) is 12.1 Å². The summed E-state index contributed by atoms with van der Waals surface area (Å²) in [5, 5.41) is 2.71. The highest BCUT2D eigenvalue weighted by molar-refractivity contribution is 5.84. The van der Waals surface area contributed by atoms with E-state index < -0.39 is 0 Å². The molecule has 1 saturated heterocycles. The maximum atomic E-state index is 13.3. The van der Waals surface area contributed by atoms with Gasteiger partial charge in [-0.25, -0.2) is 4.39 Å². The topological polar surface area (TPSA) is 75.7 Å². The highest BCUT2D eigenvalue weighted by Gasteiger charge is 2.30. The summed E-state index contributed by atoms with van der Waals surface area (Å²) in [5.74, 6) is -1.25. The van der Waals surface area contributed by atoms with Gasteiger partial charge in [0.15, 0.2) is 0 Å². The molecule has 0 saturated carbocycles. The van der Waals surface area contributed by atoms with Crippen molar-refractivity contribution in [3.05, 3.63) is 35.6 Å². The van der Waals surface area contributed by atoms with Gasteiger partial charge in [0, 0.05) is 26.1 Å². The molecule has 0 aliphatic carbocycles. The summed E-state index contributed by atoms with van der Waals surface area (Å²) < 4.78 is 18.1. The Labute approximate surface area is 146 Å². The van der Waals surface area contributed by atoms with E-state index in [-0.39, 0.29) is 55.4 Å². The van der Waals surface area contributed by atoms with Crippen molar-refractivity contribution in [2.45, 2.75) is 32.7 Å². The van der Waals surface area contributed by atoms with Crippen LogP contribution >= 0.6 is 0 Å². The SMILES string of the molecule is CCOC(=O)CCNC(=O)[C@@H]1CCC(=O)N(Cc2cccc(F)c2)C1. The van der Waals surface area contributed by atoms with Gasteiger partial charge in [0.2, 0.25) is 11.8 Å². The van der Waals surface area contributed by atoms with Gasteiger partial charge in [-0.15, -0.1) is 0 Å². The molecule has 2 amide bonds. The summed E-state index contributed by atoms with van der Waals surface area (Å²) in [6, 6.07) is 6.08. The highest BCUT2D eigenvalue weighted by Crippen LogP contribution is 2.20. The van der Waals surface area contributed by atoms with E-state index >= 15 is 0 Å². The van der Waals surface area contributed by atoms with Crippen LogP contribution in [0.5, 0.6) is 0 Å². The molecule has 136 valence electrons. The Kier molecular flexibility index (Phi) is 6.91. The second kappa shape index (κ2) is 9.15. The number of ether oxygens (including phenoxy) is 1. The van der Waals surface area contributed by atoms with Crippen LogP contribution in [0.15, 0.2) is 24.3 Å². The van der Waals surface area contributed by atoms with E-state index in [0.29, 0.717) is 25.1 Å². The fourth-order valence-corrected chi connectivity index (χ4v) is 2.80. The van der Waals surface area contributed by atoms with Gasteiger partial charge >= 0.3 is 5.97 Å². The quantitative estimate of drug-likeness (QED) is 0.759. The monoisotopic (exact) mass is 350 g/mol. The summed E-state index contributed by atoms with van der Waals surface area (Å²) in [6.45, 7) is 2.82. The number of likely N-dealkylation sites (tertiary alicyclic amines) is 1. The van der Waals surface area contributed by atoms with Crippen molar-refractivity contribution in [3.63, 3.8) is 0 Å². The van der Waals surface area contributed by atoms with Gasteiger partial charge < -0.3 is 15.0 Å². The van der Waals surface area contributed by atoms with Crippen LogP contribution < -0.4 is 5.32 Å². The molecule has 0 radical (unpaired) electrons. The first-order chi connectivity index (χ1) is 12.0. The Morgan fingerprint density at radius 2 is 2.20 bits per heavy atom. The van der Waals surface area contributed by atoms with Crippen molar-refractivity contribution in [3.8, 4) is 0 Å². The van der Waals surface area contributed by atoms with Gasteiger partial charge in [-0.2, -0.15) is 0 Å². The maximum absolute atomic E-state index is 13.3. The van der Waals surface area contributed by atoms with Crippen LogP contribution in [0.2, 0.25) is 0 Å². The van der Waals surface area contributed by atoms with Crippen LogP contribution in [-0.2, 0) is 25.7 Å². The van der Waals surface area contributed by atoms with E-state index in [0.717, 1.165) is 0 Å². The third-order valence-corrected chi connectivity index (χ3v) is 4.07. The maximum Gasteiger partial charge on any atom is 0.307 e. The Morgan fingerprint density at radius 1 is 1.40 bits per heavy atom. The lowest BCUT2D eigenvalue weighted by molar-refractivity contribution is -0.143. The molecular formula is C18H23FN2O4. The van der Waals surface area contributed by atoms with E-state index in [1.54, 1.807) is 24.0 Å². The van der Waals surface area contributed by atoms with Crippen LogP contribution in [0.1, 0.15) is 31.7 Å². The lowest BCUT2D eigenvalue weighted by Gasteiger charge is -2.32. The van der Waals surface area contributed by atoms with E-state index in [9.17, 15) is 18.8 Å². The van der Waals surface area contributed by atoms with E-state index in [4.69, 9.17) is 4.74 Å². The molecule has 1 aromatic carbocycles. The zero-order valence-corrected chi connectivity index (χ0v) is 14.3. The first-order valence-electron chi connectivity index (χ1n) is 8.45. The number of hydrogen-bond donors (Lipinski definition) is 1.